The van der Waals surface area contributed by atoms with Gasteiger partial charge < -0.3 is 9.47 Å². The largest absolute Gasteiger partial charge is 0.497 e. The lowest BCUT2D eigenvalue weighted by molar-refractivity contribution is 0.0370. The number of methoxy groups -OCH3 is 1. The zero-order chi connectivity index (χ0) is 14.7. The molecule has 2 heteroatoms. The van der Waals surface area contributed by atoms with E-state index in [0.717, 1.165) is 17.7 Å². The van der Waals surface area contributed by atoms with Gasteiger partial charge in [0.1, 0.15) is 5.75 Å². The molecule has 19 heavy (non-hydrogen) atoms. The maximum Gasteiger partial charge on any atom is 0.118 e. The molecular formula is C17H28O2. The number of hydrogen-bond acceptors (Lipinski definition) is 2. The second-order valence-corrected chi connectivity index (χ2v) is 4.24. The number of rotatable bonds is 7. The minimum Gasteiger partial charge on any atom is -0.497 e. The summed E-state index contributed by atoms with van der Waals surface area (Å²) >= 11 is 0. The summed E-state index contributed by atoms with van der Waals surface area (Å²) in [5.41, 5.74) is 1.15. The fourth-order valence-corrected chi connectivity index (χ4v) is 1.61. The second-order valence-electron chi connectivity index (χ2n) is 4.24. The lowest BCUT2D eigenvalue weighted by Gasteiger charge is -2.20. The van der Waals surface area contributed by atoms with Crippen molar-refractivity contribution in [1.82, 2.24) is 0 Å². The average molecular weight is 264 g/mol. The summed E-state index contributed by atoms with van der Waals surface area (Å²) < 4.78 is 11.0. The SMILES string of the molecule is C=C[C@@H](OCc1ccc(OC)cc1)[C@@H](C)CC.CC. The molecule has 0 amide bonds. The molecule has 0 bridgehead atoms. The van der Waals surface area contributed by atoms with Crippen molar-refractivity contribution in [3.63, 3.8) is 0 Å². The Bertz CT molecular complexity index is 330. The molecule has 1 aromatic carbocycles. The quantitative estimate of drug-likeness (QED) is 0.656. The Kier molecular flexibility index (Phi) is 9.91. The third-order valence-corrected chi connectivity index (χ3v) is 3.04. The standard InChI is InChI=1S/C15H22O2.C2H6/c1-5-12(3)15(6-2)17-11-13-7-9-14(16-4)10-8-13;1-2/h6-10,12,15H,2,5,11H2,1,3-4H3;1-2H3/t12-,15+;/m0./s1. The van der Waals surface area contributed by atoms with Gasteiger partial charge in [-0.25, -0.2) is 0 Å². The Morgan fingerprint density at radius 2 is 1.79 bits per heavy atom. The first kappa shape index (κ1) is 17.7. The summed E-state index contributed by atoms with van der Waals surface area (Å²) in [6.45, 7) is 12.8. The molecule has 0 aliphatic carbocycles. The lowest BCUT2D eigenvalue weighted by atomic mass is 10.0. The van der Waals surface area contributed by atoms with Crippen LogP contribution in [0.3, 0.4) is 0 Å². The van der Waals surface area contributed by atoms with E-state index >= 15 is 0 Å². The topological polar surface area (TPSA) is 18.5 Å². The first-order chi connectivity index (χ1) is 9.21. The monoisotopic (exact) mass is 264 g/mol. The molecule has 0 aliphatic heterocycles. The van der Waals surface area contributed by atoms with Crippen molar-refractivity contribution in [3.8, 4) is 5.75 Å². The maximum atomic E-state index is 5.84. The van der Waals surface area contributed by atoms with Gasteiger partial charge in [0.25, 0.3) is 0 Å². The van der Waals surface area contributed by atoms with Crippen LogP contribution in [0, 0.1) is 5.92 Å². The van der Waals surface area contributed by atoms with Crippen molar-refractivity contribution in [1.29, 1.82) is 0 Å². The van der Waals surface area contributed by atoms with Crippen molar-refractivity contribution in [2.45, 2.75) is 46.8 Å². The second kappa shape index (κ2) is 10.6. The van der Waals surface area contributed by atoms with E-state index in [1.54, 1.807) is 7.11 Å². The minimum atomic E-state index is 0.127. The number of ether oxygens (including phenoxy) is 2. The predicted octanol–water partition coefficient (Wildman–Crippen LogP) is 4.84. The van der Waals surface area contributed by atoms with Crippen molar-refractivity contribution in [2.24, 2.45) is 5.92 Å². The Morgan fingerprint density at radius 3 is 2.21 bits per heavy atom. The highest BCUT2D eigenvalue weighted by molar-refractivity contribution is 5.26. The summed E-state index contributed by atoms with van der Waals surface area (Å²) in [5, 5.41) is 0. The highest BCUT2D eigenvalue weighted by Crippen LogP contribution is 2.16. The molecule has 0 fully saturated rings. The van der Waals surface area contributed by atoms with Gasteiger partial charge in [0.05, 0.1) is 19.8 Å². The van der Waals surface area contributed by atoms with E-state index in [1.165, 1.54) is 0 Å². The maximum absolute atomic E-state index is 5.84. The summed E-state index contributed by atoms with van der Waals surface area (Å²) in [6.07, 6.45) is 3.11. The van der Waals surface area contributed by atoms with Crippen LogP contribution < -0.4 is 4.74 Å². The van der Waals surface area contributed by atoms with E-state index in [0.29, 0.717) is 12.5 Å². The van der Waals surface area contributed by atoms with Gasteiger partial charge in [-0.1, -0.05) is 52.3 Å². The summed E-state index contributed by atoms with van der Waals surface area (Å²) in [5.74, 6) is 1.38. The third-order valence-electron chi connectivity index (χ3n) is 3.04. The van der Waals surface area contributed by atoms with Gasteiger partial charge in [0, 0.05) is 0 Å². The van der Waals surface area contributed by atoms with E-state index in [2.05, 4.69) is 20.4 Å². The average Bonchev–Trinajstić information content (AvgIpc) is 2.50. The fraction of sp³-hybridized carbons (Fsp3) is 0.529. The van der Waals surface area contributed by atoms with Gasteiger partial charge >= 0.3 is 0 Å². The van der Waals surface area contributed by atoms with Crippen molar-refractivity contribution >= 4 is 0 Å². The van der Waals surface area contributed by atoms with Gasteiger partial charge in [-0.3, -0.25) is 0 Å². The molecule has 0 heterocycles. The van der Waals surface area contributed by atoms with E-state index in [9.17, 15) is 0 Å². The highest BCUT2D eigenvalue weighted by atomic mass is 16.5. The molecule has 0 spiro atoms. The molecule has 0 radical (unpaired) electrons. The summed E-state index contributed by atoms with van der Waals surface area (Å²) in [6, 6.07) is 7.95. The first-order valence-electron chi connectivity index (χ1n) is 7.08. The molecule has 2 nitrogen and oxygen atoms in total. The van der Waals surface area contributed by atoms with E-state index in [4.69, 9.17) is 9.47 Å². The molecule has 0 unspecified atom stereocenters. The smallest absolute Gasteiger partial charge is 0.118 e. The molecule has 108 valence electrons. The summed E-state index contributed by atoms with van der Waals surface area (Å²) in [4.78, 5) is 0. The van der Waals surface area contributed by atoms with Crippen LogP contribution in [0.15, 0.2) is 36.9 Å². The van der Waals surface area contributed by atoms with Gasteiger partial charge in [-0.15, -0.1) is 6.58 Å². The molecular weight excluding hydrogens is 236 g/mol. The van der Waals surface area contributed by atoms with Crippen LogP contribution in [0.4, 0.5) is 0 Å². The van der Waals surface area contributed by atoms with Crippen LogP contribution in [0.5, 0.6) is 5.75 Å². The van der Waals surface area contributed by atoms with Crippen LogP contribution in [0.25, 0.3) is 0 Å². The van der Waals surface area contributed by atoms with Gasteiger partial charge in [0.15, 0.2) is 0 Å². The van der Waals surface area contributed by atoms with Crippen LogP contribution >= 0.6 is 0 Å². The van der Waals surface area contributed by atoms with E-state index in [1.807, 2.05) is 44.2 Å². The Labute approximate surface area is 118 Å². The van der Waals surface area contributed by atoms with Crippen LogP contribution in [-0.4, -0.2) is 13.2 Å². The van der Waals surface area contributed by atoms with Gasteiger partial charge in [0.2, 0.25) is 0 Å². The van der Waals surface area contributed by atoms with Crippen LogP contribution in [-0.2, 0) is 11.3 Å². The zero-order valence-electron chi connectivity index (χ0n) is 13.0. The molecule has 0 saturated heterocycles. The third kappa shape index (κ3) is 6.44. The molecule has 0 saturated carbocycles. The van der Waals surface area contributed by atoms with E-state index < -0.39 is 0 Å². The Hall–Kier alpha value is -1.28. The van der Waals surface area contributed by atoms with Crippen LogP contribution in [0.1, 0.15) is 39.7 Å². The molecule has 0 aromatic heterocycles. The molecule has 2 atom stereocenters. The molecule has 1 rings (SSSR count). The highest BCUT2D eigenvalue weighted by Gasteiger charge is 2.12. The van der Waals surface area contributed by atoms with Crippen LogP contribution in [0.2, 0.25) is 0 Å². The Morgan fingerprint density at radius 1 is 1.21 bits per heavy atom. The fourth-order valence-electron chi connectivity index (χ4n) is 1.61. The lowest BCUT2D eigenvalue weighted by Crippen LogP contribution is -2.18. The molecule has 0 N–H and O–H groups in total. The van der Waals surface area contributed by atoms with Crippen molar-refractivity contribution in [3.05, 3.63) is 42.5 Å². The Balaban J connectivity index is 0.00000154. The molecule has 1 aromatic rings. The van der Waals surface area contributed by atoms with Crippen molar-refractivity contribution < 1.29 is 9.47 Å². The van der Waals surface area contributed by atoms with Crippen molar-refractivity contribution in [2.75, 3.05) is 7.11 Å². The van der Waals surface area contributed by atoms with Gasteiger partial charge in [-0.2, -0.15) is 0 Å². The summed E-state index contributed by atoms with van der Waals surface area (Å²) in [7, 11) is 1.67. The number of benzene rings is 1. The first-order valence-corrected chi connectivity index (χ1v) is 7.08. The van der Waals surface area contributed by atoms with E-state index in [-0.39, 0.29) is 6.10 Å². The van der Waals surface area contributed by atoms with Gasteiger partial charge in [-0.05, 0) is 23.6 Å². The molecule has 0 aliphatic rings. The normalized spacial score (nSPS) is 12.9. The number of hydrogen-bond donors (Lipinski definition) is 0. The zero-order valence-corrected chi connectivity index (χ0v) is 13.0. The predicted molar refractivity (Wildman–Crippen MR) is 82.6 cm³/mol. The minimum absolute atomic E-state index is 0.127.